The van der Waals surface area contributed by atoms with Gasteiger partial charge in [-0.15, -0.1) is 0 Å². The summed E-state index contributed by atoms with van der Waals surface area (Å²) in [6.45, 7) is 3.17. The van der Waals surface area contributed by atoms with Gasteiger partial charge in [0.15, 0.2) is 10.8 Å². The molecule has 0 aliphatic heterocycles. The van der Waals surface area contributed by atoms with Crippen molar-refractivity contribution in [3.8, 4) is 5.75 Å². The van der Waals surface area contributed by atoms with Gasteiger partial charge in [-0.3, -0.25) is 4.79 Å². The van der Waals surface area contributed by atoms with Gasteiger partial charge in [-0.05, 0) is 31.3 Å². The molecule has 0 aliphatic carbocycles. The number of hydrogen-bond donors (Lipinski definition) is 0. The number of benzene rings is 1. The number of rotatable bonds is 2. The van der Waals surface area contributed by atoms with E-state index in [2.05, 4.69) is 0 Å². The molecule has 0 aliphatic rings. The predicted octanol–water partition coefficient (Wildman–Crippen LogP) is 2.62. The van der Waals surface area contributed by atoms with Gasteiger partial charge in [-0.2, -0.15) is 0 Å². The number of carbonyl (C=O) groups is 1. The van der Waals surface area contributed by atoms with Crippen molar-refractivity contribution in [1.82, 2.24) is 0 Å². The van der Waals surface area contributed by atoms with Gasteiger partial charge in [-0.25, -0.2) is 0 Å². The molecule has 0 amide bonds. The van der Waals surface area contributed by atoms with E-state index in [4.69, 9.17) is 17.0 Å². The summed E-state index contributed by atoms with van der Waals surface area (Å²) in [6.07, 6.45) is 0. The number of ketones is 1. The molecule has 0 atom stereocenters. The minimum absolute atomic E-state index is 0.0214. The lowest BCUT2D eigenvalue weighted by Crippen LogP contribution is -2.03. The molecule has 13 heavy (non-hydrogen) atoms. The lowest BCUT2D eigenvalue weighted by molar-refractivity contribution is 0.101. The zero-order valence-corrected chi connectivity index (χ0v) is 8.35. The Morgan fingerprint density at radius 1 is 1.31 bits per heavy atom. The van der Waals surface area contributed by atoms with Crippen LogP contribution in [0.4, 0.5) is 0 Å². The molecule has 0 fully saturated rings. The van der Waals surface area contributed by atoms with Gasteiger partial charge in [-0.1, -0.05) is 12.1 Å². The average molecular weight is 194 g/mol. The fraction of sp³-hybridized carbons (Fsp3) is 0.200. The summed E-state index contributed by atoms with van der Waals surface area (Å²) < 4.78 is 5.22. The highest BCUT2D eigenvalue weighted by atomic mass is 32.1. The molecule has 1 rings (SSSR count). The molecule has 0 heterocycles. The van der Waals surface area contributed by atoms with Gasteiger partial charge in [0, 0.05) is 6.92 Å². The highest BCUT2D eigenvalue weighted by molar-refractivity contribution is 7.80. The number of Topliss-reactive ketones (excluding diaryl/α,β-unsaturated/α-hetero) is 1. The van der Waals surface area contributed by atoms with Gasteiger partial charge in [0.25, 0.3) is 0 Å². The summed E-state index contributed by atoms with van der Waals surface area (Å²) in [4.78, 5) is 11.1. The first-order chi connectivity index (χ1) is 6.11. The van der Waals surface area contributed by atoms with Crippen LogP contribution < -0.4 is 4.74 Å². The van der Waals surface area contributed by atoms with E-state index in [0.29, 0.717) is 16.4 Å². The Morgan fingerprint density at radius 2 is 1.92 bits per heavy atom. The fourth-order valence-electron chi connectivity index (χ4n) is 1.00. The molecular weight excluding hydrogens is 184 g/mol. The molecule has 2 nitrogen and oxygen atoms in total. The third kappa shape index (κ3) is 2.63. The highest BCUT2D eigenvalue weighted by Gasteiger charge is 2.07. The molecule has 0 N–H and O–H groups in total. The van der Waals surface area contributed by atoms with Crippen LogP contribution in [0.25, 0.3) is 0 Å². The van der Waals surface area contributed by atoms with Crippen LogP contribution in [0.2, 0.25) is 0 Å². The standard InChI is InChI=1S/C10H10O2S/c1-7(11)9-5-3-4-6-10(9)12-8(2)13/h3-6H,1-2H3. The van der Waals surface area contributed by atoms with Crippen molar-refractivity contribution in [2.45, 2.75) is 13.8 Å². The molecule has 0 spiro atoms. The first-order valence-electron chi connectivity index (χ1n) is 3.89. The molecule has 1 aromatic carbocycles. The van der Waals surface area contributed by atoms with Crippen LogP contribution in [0.5, 0.6) is 5.75 Å². The van der Waals surface area contributed by atoms with E-state index in [1.807, 2.05) is 0 Å². The van der Waals surface area contributed by atoms with E-state index in [1.54, 1.807) is 31.2 Å². The Hall–Kier alpha value is -1.22. The Balaban J connectivity index is 3.04. The predicted molar refractivity (Wildman–Crippen MR) is 55.3 cm³/mol. The number of carbonyl (C=O) groups excluding carboxylic acids is 1. The van der Waals surface area contributed by atoms with Crippen LogP contribution in [-0.4, -0.2) is 10.8 Å². The molecule has 0 unspecified atom stereocenters. The Labute approximate surface area is 82.5 Å². The second-order valence-electron chi connectivity index (χ2n) is 2.65. The van der Waals surface area contributed by atoms with Gasteiger partial charge in [0.2, 0.25) is 0 Å². The minimum atomic E-state index is -0.0214. The third-order valence-corrected chi connectivity index (χ3v) is 1.60. The zero-order valence-electron chi connectivity index (χ0n) is 7.53. The summed E-state index contributed by atoms with van der Waals surface area (Å²) in [5.41, 5.74) is 0.562. The Kier molecular flexibility index (Phi) is 3.14. The van der Waals surface area contributed by atoms with Crippen molar-refractivity contribution >= 4 is 23.1 Å². The minimum Gasteiger partial charge on any atom is -0.450 e. The monoisotopic (exact) mass is 194 g/mol. The van der Waals surface area contributed by atoms with Gasteiger partial charge in [0.1, 0.15) is 5.75 Å². The van der Waals surface area contributed by atoms with Crippen LogP contribution in [0.1, 0.15) is 24.2 Å². The van der Waals surface area contributed by atoms with Gasteiger partial charge < -0.3 is 4.74 Å². The van der Waals surface area contributed by atoms with Gasteiger partial charge in [0.05, 0.1) is 5.56 Å². The first kappa shape index (κ1) is 9.86. The van der Waals surface area contributed by atoms with Crippen molar-refractivity contribution in [2.24, 2.45) is 0 Å². The second-order valence-corrected chi connectivity index (χ2v) is 3.22. The molecule has 68 valence electrons. The van der Waals surface area contributed by atoms with Crippen LogP contribution >= 0.6 is 12.2 Å². The third-order valence-electron chi connectivity index (χ3n) is 1.52. The van der Waals surface area contributed by atoms with Crippen LogP contribution in [0.15, 0.2) is 24.3 Å². The number of thiocarbonyl (C=S) groups is 1. The molecule has 3 heteroatoms. The maximum absolute atomic E-state index is 11.1. The largest absolute Gasteiger partial charge is 0.450 e. The van der Waals surface area contributed by atoms with E-state index in [0.717, 1.165) is 0 Å². The summed E-state index contributed by atoms with van der Waals surface area (Å²) in [5.74, 6) is 0.509. The van der Waals surface area contributed by atoms with Crippen molar-refractivity contribution in [2.75, 3.05) is 0 Å². The average Bonchev–Trinajstić information content (AvgIpc) is 2.03. The van der Waals surface area contributed by atoms with Crippen LogP contribution in [-0.2, 0) is 0 Å². The first-order valence-corrected chi connectivity index (χ1v) is 4.30. The molecule has 0 saturated heterocycles. The Morgan fingerprint density at radius 3 is 2.46 bits per heavy atom. The lowest BCUT2D eigenvalue weighted by Gasteiger charge is -2.06. The summed E-state index contributed by atoms with van der Waals surface area (Å²) in [7, 11) is 0. The summed E-state index contributed by atoms with van der Waals surface area (Å²) in [6, 6.07) is 7.05. The van der Waals surface area contributed by atoms with E-state index >= 15 is 0 Å². The van der Waals surface area contributed by atoms with E-state index < -0.39 is 0 Å². The van der Waals surface area contributed by atoms with Gasteiger partial charge >= 0.3 is 0 Å². The van der Waals surface area contributed by atoms with E-state index in [9.17, 15) is 4.79 Å². The molecule has 0 aromatic heterocycles. The van der Waals surface area contributed by atoms with Crippen molar-refractivity contribution in [3.05, 3.63) is 29.8 Å². The maximum Gasteiger partial charge on any atom is 0.164 e. The van der Waals surface area contributed by atoms with Crippen LogP contribution in [0.3, 0.4) is 0 Å². The maximum atomic E-state index is 11.1. The number of hydrogen-bond acceptors (Lipinski definition) is 3. The lowest BCUT2D eigenvalue weighted by atomic mass is 10.1. The fourth-order valence-corrected chi connectivity index (χ4v) is 1.09. The molecule has 0 radical (unpaired) electrons. The summed E-state index contributed by atoms with van der Waals surface area (Å²) >= 11 is 4.79. The molecular formula is C10H10O2S. The highest BCUT2D eigenvalue weighted by Crippen LogP contribution is 2.18. The topological polar surface area (TPSA) is 26.3 Å². The van der Waals surface area contributed by atoms with Crippen molar-refractivity contribution < 1.29 is 9.53 Å². The molecule has 0 bridgehead atoms. The second kappa shape index (κ2) is 4.14. The van der Waals surface area contributed by atoms with Crippen molar-refractivity contribution in [1.29, 1.82) is 0 Å². The number of para-hydroxylation sites is 1. The number of ether oxygens (including phenoxy) is 1. The molecule has 1 aromatic rings. The van der Waals surface area contributed by atoms with E-state index in [1.165, 1.54) is 6.92 Å². The SMILES string of the molecule is CC(=O)c1ccccc1OC(C)=S. The normalized spacial score (nSPS) is 9.38. The van der Waals surface area contributed by atoms with Crippen LogP contribution in [0, 0.1) is 0 Å². The molecule has 0 saturated carbocycles. The summed E-state index contributed by atoms with van der Waals surface area (Å²) in [5, 5.41) is 0.411. The van der Waals surface area contributed by atoms with E-state index in [-0.39, 0.29) is 5.78 Å². The van der Waals surface area contributed by atoms with Crippen molar-refractivity contribution in [3.63, 3.8) is 0 Å². The zero-order chi connectivity index (χ0) is 9.84. The quantitative estimate of drug-likeness (QED) is 0.534. The smallest absolute Gasteiger partial charge is 0.164 e. The Bertz CT molecular complexity index is 345.